The second kappa shape index (κ2) is 2.95. The molecule has 1 rings (SSSR count). The molecule has 0 fully saturated rings. The van der Waals surface area contributed by atoms with Crippen molar-refractivity contribution in [3.05, 3.63) is 18.0 Å². The van der Waals surface area contributed by atoms with Crippen LogP contribution in [0.3, 0.4) is 0 Å². The van der Waals surface area contributed by atoms with E-state index in [4.69, 9.17) is 3.07 Å². The van der Waals surface area contributed by atoms with Gasteiger partial charge in [-0.3, -0.25) is 0 Å². The third-order valence-corrected chi connectivity index (χ3v) is 1.22. The monoisotopic (exact) mass is 236 g/mol. The fourth-order valence-electron chi connectivity index (χ4n) is 0.421. The molecular weight excluding hydrogens is 231 g/mol. The predicted molar refractivity (Wildman–Crippen MR) is 41.4 cm³/mol. The quantitative estimate of drug-likeness (QED) is 0.693. The van der Waals surface area contributed by atoms with Crippen molar-refractivity contribution in [2.24, 2.45) is 0 Å². The zero-order chi connectivity index (χ0) is 6.69. The summed E-state index contributed by atoms with van der Waals surface area (Å²) >= 11 is 1.74. The fourth-order valence-corrected chi connectivity index (χ4v) is 0.648. The van der Waals surface area contributed by atoms with Crippen LogP contribution in [-0.2, 0) is 0 Å². The molecule has 0 bridgehead atoms. The molecule has 0 aromatic carbocycles. The lowest BCUT2D eigenvalue weighted by atomic mass is 10.4. The van der Waals surface area contributed by atoms with Gasteiger partial charge in [-0.15, -0.1) is 0 Å². The Morgan fingerprint density at radius 1 is 1.44 bits per heavy atom. The molecule has 1 heterocycles. The first-order chi connectivity index (χ1) is 4.33. The Morgan fingerprint density at radius 2 is 2.00 bits per heavy atom. The average Bonchev–Trinajstić information content (AvgIpc) is 1.90. The van der Waals surface area contributed by atoms with Crippen molar-refractivity contribution < 1.29 is 3.07 Å². The molecule has 9 heavy (non-hydrogen) atoms. The Bertz CT molecular complexity index is 187. The second-order valence-corrected chi connectivity index (χ2v) is 2.06. The topological polar surface area (TPSA) is 35.0 Å². The zero-order valence-electron chi connectivity index (χ0n) is 4.84. The number of rotatable bonds is 1. The van der Waals surface area contributed by atoms with E-state index in [0.717, 1.165) is 5.56 Å². The first kappa shape index (κ1) is 6.73. The summed E-state index contributed by atoms with van der Waals surface area (Å²) in [6, 6.07) is 0.404. The van der Waals surface area contributed by atoms with E-state index in [9.17, 15) is 0 Å². The van der Waals surface area contributed by atoms with E-state index in [2.05, 4.69) is 9.97 Å². The van der Waals surface area contributed by atoms with Crippen molar-refractivity contribution in [2.45, 2.75) is 6.92 Å². The van der Waals surface area contributed by atoms with Crippen LogP contribution in [0.5, 0.6) is 6.01 Å². The van der Waals surface area contributed by atoms with E-state index in [0.29, 0.717) is 6.01 Å². The Kier molecular flexibility index (Phi) is 2.21. The largest absolute Gasteiger partial charge is 0.392 e. The summed E-state index contributed by atoms with van der Waals surface area (Å²) in [6.45, 7) is 1.93. The lowest BCUT2D eigenvalue weighted by Crippen LogP contribution is -1.85. The van der Waals surface area contributed by atoms with Crippen molar-refractivity contribution in [3.63, 3.8) is 0 Å². The number of aryl methyl sites for hydroxylation is 1. The Morgan fingerprint density at radius 3 is 2.44 bits per heavy atom. The minimum atomic E-state index is 0.404. The first-order valence-corrected chi connectivity index (χ1v) is 3.28. The van der Waals surface area contributed by atoms with Gasteiger partial charge in [-0.2, -0.15) is 0 Å². The first-order valence-electron chi connectivity index (χ1n) is 2.40. The van der Waals surface area contributed by atoms with E-state index in [1.807, 2.05) is 6.92 Å². The molecule has 0 aliphatic carbocycles. The van der Waals surface area contributed by atoms with Crippen LogP contribution in [0.4, 0.5) is 0 Å². The lowest BCUT2D eigenvalue weighted by Gasteiger charge is -1.92. The maximum absolute atomic E-state index is 4.72. The molecule has 48 valence electrons. The molecule has 0 saturated heterocycles. The fraction of sp³-hybridized carbons (Fsp3) is 0.200. The number of hydrogen-bond donors (Lipinski definition) is 0. The lowest BCUT2D eigenvalue weighted by molar-refractivity contribution is 0.642. The Labute approximate surface area is 67.2 Å². The molecule has 0 aliphatic rings. The number of aromatic nitrogens is 2. The van der Waals surface area contributed by atoms with Gasteiger partial charge in [-0.05, 0) is 12.5 Å². The van der Waals surface area contributed by atoms with E-state index >= 15 is 0 Å². The van der Waals surface area contributed by atoms with Crippen LogP contribution in [0.15, 0.2) is 12.4 Å². The van der Waals surface area contributed by atoms with Crippen LogP contribution >= 0.6 is 23.0 Å². The van der Waals surface area contributed by atoms with Crippen molar-refractivity contribution in [3.8, 4) is 6.01 Å². The van der Waals surface area contributed by atoms with Gasteiger partial charge in [0.2, 0.25) is 0 Å². The highest BCUT2D eigenvalue weighted by atomic mass is 127. The van der Waals surface area contributed by atoms with Crippen LogP contribution in [0.25, 0.3) is 0 Å². The minimum absolute atomic E-state index is 0.404. The van der Waals surface area contributed by atoms with Crippen LogP contribution in [0.1, 0.15) is 5.56 Å². The molecule has 0 amide bonds. The predicted octanol–water partition coefficient (Wildman–Crippen LogP) is 1.51. The molecule has 3 nitrogen and oxygen atoms in total. The zero-order valence-corrected chi connectivity index (χ0v) is 6.99. The highest BCUT2D eigenvalue weighted by Crippen LogP contribution is 2.03. The standard InChI is InChI=1S/C5H5IN2O/c1-4-2-7-5(9-6)8-3-4/h2-3H,1H3. The maximum atomic E-state index is 4.72. The van der Waals surface area contributed by atoms with E-state index in [-0.39, 0.29) is 0 Å². The molecule has 1 aromatic heterocycles. The van der Waals surface area contributed by atoms with E-state index in [1.54, 1.807) is 35.4 Å². The molecule has 0 saturated carbocycles. The summed E-state index contributed by atoms with van der Waals surface area (Å²) in [5.74, 6) is 0. The van der Waals surface area contributed by atoms with Gasteiger partial charge in [0.05, 0.1) is 0 Å². The summed E-state index contributed by atoms with van der Waals surface area (Å²) in [5, 5.41) is 0. The normalized spacial score (nSPS) is 9.11. The molecule has 0 spiro atoms. The van der Waals surface area contributed by atoms with Crippen LogP contribution in [-0.4, -0.2) is 9.97 Å². The van der Waals surface area contributed by atoms with Crippen LogP contribution < -0.4 is 3.07 Å². The van der Waals surface area contributed by atoms with Crippen LogP contribution in [0.2, 0.25) is 0 Å². The Balaban J connectivity index is 2.88. The molecular formula is C5H5IN2O. The molecule has 4 heteroatoms. The van der Waals surface area contributed by atoms with Gasteiger partial charge in [0.15, 0.2) is 23.0 Å². The van der Waals surface area contributed by atoms with Gasteiger partial charge in [-0.1, -0.05) is 0 Å². The summed E-state index contributed by atoms with van der Waals surface area (Å²) in [5.41, 5.74) is 1.03. The van der Waals surface area contributed by atoms with Gasteiger partial charge < -0.3 is 3.07 Å². The van der Waals surface area contributed by atoms with Gasteiger partial charge in [0, 0.05) is 12.4 Å². The van der Waals surface area contributed by atoms with Crippen molar-refractivity contribution in [1.82, 2.24) is 9.97 Å². The van der Waals surface area contributed by atoms with E-state index in [1.165, 1.54) is 0 Å². The number of hydrogen-bond acceptors (Lipinski definition) is 3. The third-order valence-electron chi connectivity index (χ3n) is 0.826. The van der Waals surface area contributed by atoms with Gasteiger partial charge in [0.1, 0.15) is 0 Å². The van der Waals surface area contributed by atoms with Gasteiger partial charge in [0.25, 0.3) is 0 Å². The summed E-state index contributed by atoms with van der Waals surface area (Å²) in [4.78, 5) is 7.71. The molecule has 0 unspecified atom stereocenters. The third kappa shape index (κ3) is 1.78. The smallest absolute Gasteiger partial charge is 0.326 e. The van der Waals surface area contributed by atoms with Crippen LogP contribution in [0, 0.1) is 6.92 Å². The number of halogens is 1. The molecule has 0 N–H and O–H groups in total. The van der Waals surface area contributed by atoms with E-state index < -0.39 is 0 Å². The summed E-state index contributed by atoms with van der Waals surface area (Å²) in [6.07, 6.45) is 3.42. The number of nitrogens with zero attached hydrogens (tertiary/aromatic N) is 2. The van der Waals surface area contributed by atoms with Crippen molar-refractivity contribution in [2.75, 3.05) is 0 Å². The molecule has 0 radical (unpaired) electrons. The van der Waals surface area contributed by atoms with Gasteiger partial charge >= 0.3 is 6.01 Å². The minimum Gasteiger partial charge on any atom is -0.392 e. The highest BCUT2D eigenvalue weighted by Gasteiger charge is 1.90. The highest BCUT2D eigenvalue weighted by molar-refractivity contribution is 14.1. The van der Waals surface area contributed by atoms with Crippen molar-refractivity contribution >= 4 is 23.0 Å². The van der Waals surface area contributed by atoms with Crippen molar-refractivity contribution in [1.29, 1.82) is 0 Å². The maximum Gasteiger partial charge on any atom is 0.326 e. The Hall–Kier alpha value is -0.390. The molecule has 0 atom stereocenters. The molecule has 0 aliphatic heterocycles. The SMILES string of the molecule is Cc1cnc(OI)nc1. The molecule has 1 aromatic rings. The average molecular weight is 236 g/mol. The second-order valence-electron chi connectivity index (χ2n) is 1.62. The summed E-state index contributed by atoms with van der Waals surface area (Å²) < 4.78 is 4.72. The summed E-state index contributed by atoms with van der Waals surface area (Å²) in [7, 11) is 0. The van der Waals surface area contributed by atoms with Gasteiger partial charge in [-0.25, -0.2) is 9.97 Å².